The Morgan fingerprint density at radius 3 is 1.94 bits per heavy atom. The normalized spacial score (nSPS) is 12.1. The molecule has 0 saturated heterocycles. The van der Waals surface area contributed by atoms with Crippen LogP contribution in [-0.2, 0) is 5.41 Å². The van der Waals surface area contributed by atoms with E-state index in [1.165, 1.54) is 33.0 Å². The van der Waals surface area contributed by atoms with Gasteiger partial charge in [-0.25, -0.2) is 0 Å². The van der Waals surface area contributed by atoms with Gasteiger partial charge in [-0.2, -0.15) is 0 Å². The number of aryl methyl sites for hydroxylation is 3. The maximum atomic E-state index is 2.34. The average molecular weight is 226 g/mol. The monoisotopic (exact) mass is 226 g/mol. The molecule has 0 aliphatic carbocycles. The van der Waals surface area contributed by atoms with Crippen LogP contribution in [0.3, 0.4) is 0 Å². The molecule has 0 amide bonds. The number of hydrogen-bond donors (Lipinski definition) is 0. The maximum Gasteiger partial charge on any atom is -0.0126 e. The molecule has 0 heteroatoms. The first-order valence-electron chi connectivity index (χ1n) is 6.31. The Bertz CT molecular complexity index is 569. The van der Waals surface area contributed by atoms with Gasteiger partial charge in [-0.05, 0) is 53.6 Å². The molecule has 2 aromatic rings. The first-order chi connectivity index (χ1) is 7.79. The second-order valence-corrected chi connectivity index (χ2v) is 6.22. The molecule has 0 heterocycles. The van der Waals surface area contributed by atoms with Crippen molar-refractivity contribution >= 4 is 10.8 Å². The highest BCUT2D eigenvalue weighted by molar-refractivity contribution is 5.88. The van der Waals surface area contributed by atoms with Crippen molar-refractivity contribution in [2.75, 3.05) is 0 Å². The van der Waals surface area contributed by atoms with Crippen LogP contribution in [0.4, 0.5) is 0 Å². The molecule has 0 atom stereocenters. The van der Waals surface area contributed by atoms with Gasteiger partial charge >= 0.3 is 0 Å². The molecule has 0 fully saturated rings. The lowest BCUT2D eigenvalue weighted by Gasteiger charge is -2.23. The summed E-state index contributed by atoms with van der Waals surface area (Å²) in [4.78, 5) is 0. The van der Waals surface area contributed by atoms with Gasteiger partial charge < -0.3 is 0 Å². The largest absolute Gasteiger partial charge is 0.0561 e. The second kappa shape index (κ2) is 3.87. The van der Waals surface area contributed by atoms with E-state index in [0.29, 0.717) is 0 Å². The first-order valence-corrected chi connectivity index (χ1v) is 6.31. The Hall–Kier alpha value is -1.30. The Balaban J connectivity index is 2.88. The van der Waals surface area contributed by atoms with Crippen molar-refractivity contribution in [2.45, 2.75) is 47.0 Å². The van der Waals surface area contributed by atoms with Crippen LogP contribution in [0.15, 0.2) is 24.3 Å². The van der Waals surface area contributed by atoms with E-state index in [9.17, 15) is 0 Å². The van der Waals surface area contributed by atoms with Crippen LogP contribution in [0.2, 0.25) is 0 Å². The van der Waals surface area contributed by atoms with Gasteiger partial charge in [0.1, 0.15) is 0 Å². The molecule has 0 unspecified atom stereocenters. The summed E-state index contributed by atoms with van der Waals surface area (Å²) >= 11 is 0. The molecule has 0 aliphatic rings. The van der Waals surface area contributed by atoms with Crippen LogP contribution >= 0.6 is 0 Å². The van der Waals surface area contributed by atoms with E-state index in [1.807, 2.05) is 0 Å². The Kier molecular flexibility index (Phi) is 2.77. The fourth-order valence-corrected chi connectivity index (χ4v) is 2.40. The zero-order chi connectivity index (χ0) is 12.8. The number of rotatable bonds is 0. The summed E-state index contributed by atoms with van der Waals surface area (Å²) in [6.07, 6.45) is 0. The second-order valence-electron chi connectivity index (χ2n) is 6.22. The molecule has 0 aliphatic heterocycles. The van der Waals surface area contributed by atoms with E-state index in [-0.39, 0.29) is 5.41 Å². The van der Waals surface area contributed by atoms with E-state index in [0.717, 1.165) is 0 Å². The van der Waals surface area contributed by atoms with Crippen molar-refractivity contribution in [2.24, 2.45) is 0 Å². The van der Waals surface area contributed by atoms with Crippen molar-refractivity contribution in [1.82, 2.24) is 0 Å². The first kappa shape index (κ1) is 12.2. The van der Waals surface area contributed by atoms with Gasteiger partial charge in [0, 0.05) is 0 Å². The third kappa shape index (κ3) is 2.22. The molecule has 0 saturated carbocycles. The summed E-state index contributed by atoms with van der Waals surface area (Å²) in [5, 5.41) is 2.78. The van der Waals surface area contributed by atoms with Crippen LogP contribution in [0.1, 0.15) is 43.0 Å². The zero-order valence-corrected chi connectivity index (χ0v) is 11.8. The fraction of sp³-hybridized carbons (Fsp3) is 0.412. The summed E-state index contributed by atoms with van der Waals surface area (Å²) < 4.78 is 0. The van der Waals surface area contributed by atoms with Gasteiger partial charge in [-0.1, -0.05) is 50.6 Å². The fourth-order valence-electron chi connectivity index (χ4n) is 2.40. The lowest BCUT2D eigenvalue weighted by molar-refractivity contribution is 0.595. The van der Waals surface area contributed by atoms with E-state index in [4.69, 9.17) is 0 Å². The highest BCUT2D eigenvalue weighted by Crippen LogP contribution is 2.32. The molecule has 0 radical (unpaired) electrons. The Morgan fingerprint density at radius 1 is 0.765 bits per heavy atom. The average Bonchev–Trinajstić information content (AvgIpc) is 2.18. The summed E-state index contributed by atoms with van der Waals surface area (Å²) in [5.41, 5.74) is 5.77. The van der Waals surface area contributed by atoms with Crippen LogP contribution in [0.5, 0.6) is 0 Å². The third-order valence-corrected chi connectivity index (χ3v) is 3.52. The molecule has 2 aromatic carbocycles. The lowest BCUT2D eigenvalue weighted by Crippen LogP contribution is -2.12. The number of hydrogen-bond acceptors (Lipinski definition) is 0. The zero-order valence-electron chi connectivity index (χ0n) is 11.8. The molecule has 0 aromatic heterocycles. The van der Waals surface area contributed by atoms with Crippen LogP contribution in [0.25, 0.3) is 10.8 Å². The highest BCUT2D eigenvalue weighted by atomic mass is 14.2. The summed E-state index contributed by atoms with van der Waals surface area (Å²) in [7, 11) is 0. The summed E-state index contributed by atoms with van der Waals surface area (Å²) in [6, 6.07) is 9.27. The standard InChI is InChI=1S/C17H22/c1-11-7-14-9-12(2)13(3)10-15(14)16(8-11)17(4,5)6/h7-10H,1-6H3. The molecule has 0 spiro atoms. The molecular formula is C17H22. The summed E-state index contributed by atoms with van der Waals surface area (Å²) in [5.74, 6) is 0. The van der Waals surface area contributed by atoms with Gasteiger partial charge in [-0.3, -0.25) is 0 Å². The van der Waals surface area contributed by atoms with Gasteiger partial charge in [0.15, 0.2) is 0 Å². The number of fused-ring (bicyclic) bond motifs is 1. The van der Waals surface area contributed by atoms with Gasteiger partial charge in [0.25, 0.3) is 0 Å². The van der Waals surface area contributed by atoms with Crippen molar-refractivity contribution in [3.05, 3.63) is 46.5 Å². The van der Waals surface area contributed by atoms with Gasteiger partial charge in [0.05, 0.1) is 0 Å². The van der Waals surface area contributed by atoms with E-state index >= 15 is 0 Å². The molecule has 90 valence electrons. The smallest absolute Gasteiger partial charge is 0.0126 e. The van der Waals surface area contributed by atoms with Crippen LogP contribution < -0.4 is 0 Å². The predicted molar refractivity (Wildman–Crippen MR) is 76.9 cm³/mol. The van der Waals surface area contributed by atoms with Crippen LogP contribution in [-0.4, -0.2) is 0 Å². The van der Waals surface area contributed by atoms with Gasteiger partial charge in [0.2, 0.25) is 0 Å². The van der Waals surface area contributed by atoms with Crippen molar-refractivity contribution in [1.29, 1.82) is 0 Å². The summed E-state index contributed by atoms with van der Waals surface area (Å²) in [6.45, 7) is 13.4. The van der Waals surface area contributed by atoms with Crippen LogP contribution in [0, 0.1) is 20.8 Å². The minimum absolute atomic E-state index is 0.200. The Labute approximate surface area is 105 Å². The molecule has 17 heavy (non-hydrogen) atoms. The van der Waals surface area contributed by atoms with Crippen molar-refractivity contribution in [3.8, 4) is 0 Å². The van der Waals surface area contributed by atoms with E-state index < -0.39 is 0 Å². The third-order valence-electron chi connectivity index (χ3n) is 3.52. The van der Waals surface area contributed by atoms with E-state index in [1.54, 1.807) is 0 Å². The Morgan fingerprint density at radius 2 is 1.35 bits per heavy atom. The molecular weight excluding hydrogens is 204 g/mol. The van der Waals surface area contributed by atoms with Crippen molar-refractivity contribution < 1.29 is 0 Å². The van der Waals surface area contributed by atoms with E-state index in [2.05, 4.69) is 65.8 Å². The van der Waals surface area contributed by atoms with Crippen molar-refractivity contribution in [3.63, 3.8) is 0 Å². The lowest BCUT2D eigenvalue weighted by atomic mass is 9.82. The molecule has 0 bridgehead atoms. The SMILES string of the molecule is Cc1cc(C(C)(C)C)c2cc(C)c(C)cc2c1. The minimum atomic E-state index is 0.200. The molecule has 2 rings (SSSR count). The molecule has 0 nitrogen and oxygen atoms in total. The number of benzene rings is 2. The topological polar surface area (TPSA) is 0 Å². The highest BCUT2D eigenvalue weighted by Gasteiger charge is 2.17. The molecule has 0 N–H and O–H groups in total. The van der Waals surface area contributed by atoms with Gasteiger partial charge in [-0.15, -0.1) is 0 Å². The predicted octanol–water partition coefficient (Wildman–Crippen LogP) is 5.06. The maximum absolute atomic E-state index is 2.34. The minimum Gasteiger partial charge on any atom is -0.0561 e. The quantitative estimate of drug-likeness (QED) is 0.589.